The van der Waals surface area contributed by atoms with E-state index >= 15 is 0 Å². The average molecular weight is 258 g/mol. The zero-order valence-corrected chi connectivity index (χ0v) is 10.5. The van der Waals surface area contributed by atoms with Gasteiger partial charge in [0, 0.05) is 22.0 Å². The Bertz CT molecular complexity index is 519. The van der Waals surface area contributed by atoms with Gasteiger partial charge in [0.25, 0.3) is 0 Å². The van der Waals surface area contributed by atoms with Crippen LogP contribution in [0.3, 0.4) is 0 Å². The van der Waals surface area contributed by atoms with E-state index < -0.39 is 0 Å². The number of furan rings is 1. The lowest BCUT2D eigenvalue weighted by molar-refractivity contribution is 0.545. The number of nitrogens with two attached hydrogens (primary N) is 1. The van der Waals surface area contributed by atoms with Gasteiger partial charge in [-0.2, -0.15) is 0 Å². The van der Waals surface area contributed by atoms with Crippen LogP contribution in [0.4, 0.5) is 0 Å². The number of halogens is 2. The zero-order valence-electron chi connectivity index (χ0n) is 9.02. The standard InChI is InChI=1S/C12H13Cl2NO/c1-2-3-8-11(6-15)16-10-5-7(13)4-9(14)12(8)10/h4-5H,2-3,6,15H2,1H3. The predicted octanol–water partition coefficient (Wildman–Crippen LogP) is 4.15. The third-order valence-corrected chi connectivity index (χ3v) is 3.09. The zero-order chi connectivity index (χ0) is 11.7. The van der Waals surface area contributed by atoms with Crippen molar-refractivity contribution in [1.82, 2.24) is 0 Å². The Morgan fingerprint density at radius 1 is 1.31 bits per heavy atom. The quantitative estimate of drug-likeness (QED) is 0.898. The second-order valence-corrected chi connectivity index (χ2v) is 4.56. The average Bonchev–Trinajstić information content (AvgIpc) is 2.57. The Balaban J connectivity index is 2.73. The highest BCUT2D eigenvalue weighted by atomic mass is 35.5. The number of hydrogen-bond acceptors (Lipinski definition) is 2. The van der Waals surface area contributed by atoms with Crippen LogP contribution in [0.2, 0.25) is 10.0 Å². The van der Waals surface area contributed by atoms with Crippen molar-refractivity contribution >= 4 is 34.2 Å². The van der Waals surface area contributed by atoms with Crippen molar-refractivity contribution < 1.29 is 4.42 Å². The fourth-order valence-electron chi connectivity index (χ4n) is 1.94. The number of aryl methyl sites for hydroxylation is 1. The maximum atomic E-state index is 6.19. The number of rotatable bonds is 3. The Labute approximate surface area is 104 Å². The smallest absolute Gasteiger partial charge is 0.137 e. The van der Waals surface area contributed by atoms with E-state index in [4.69, 9.17) is 33.4 Å². The molecule has 0 bridgehead atoms. The van der Waals surface area contributed by atoms with Crippen LogP contribution in [0.25, 0.3) is 11.0 Å². The first-order valence-electron chi connectivity index (χ1n) is 5.26. The van der Waals surface area contributed by atoms with Crippen LogP contribution < -0.4 is 5.73 Å². The van der Waals surface area contributed by atoms with E-state index in [1.165, 1.54) is 0 Å². The fraction of sp³-hybridized carbons (Fsp3) is 0.333. The van der Waals surface area contributed by atoms with E-state index in [0.29, 0.717) is 16.6 Å². The van der Waals surface area contributed by atoms with Gasteiger partial charge in [0.2, 0.25) is 0 Å². The van der Waals surface area contributed by atoms with Crippen LogP contribution in [-0.2, 0) is 13.0 Å². The summed E-state index contributed by atoms with van der Waals surface area (Å²) in [5.41, 5.74) is 7.50. The molecule has 0 saturated carbocycles. The molecule has 0 saturated heterocycles. The molecular weight excluding hydrogens is 245 g/mol. The number of benzene rings is 1. The Kier molecular flexibility index (Phi) is 3.43. The first kappa shape index (κ1) is 11.8. The molecular formula is C12H13Cl2NO. The summed E-state index contributed by atoms with van der Waals surface area (Å²) in [6, 6.07) is 3.52. The van der Waals surface area contributed by atoms with Crippen LogP contribution in [0, 0.1) is 0 Å². The molecule has 2 nitrogen and oxygen atoms in total. The predicted molar refractivity (Wildman–Crippen MR) is 68.1 cm³/mol. The third kappa shape index (κ3) is 1.93. The van der Waals surface area contributed by atoms with Gasteiger partial charge in [0.15, 0.2) is 0 Å². The van der Waals surface area contributed by atoms with Crippen molar-refractivity contribution in [2.24, 2.45) is 5.73 Å². The van der Waals surface area contributed by atoms with E-state index in [2.05, 4.69) is 6.92 Å². The topological polar surface area (TPSA) is 39.2 Å². The Morgan fingerprint density at radius 2 is 2.06 bits per heavy atom. The van der Waals surface area contributed by atoms with Gasteiger partial charge in [-0.15, -0.1) is 0 Å². The van der Waals surface area contributed by atoms with E-state index in [1.54, 1.807) is 12.1 Å². The van der Waals surface area contributed by atoms with Crippen LogP contribution >= 0.6 is 23.2 Å². The van der Waals surface area contributed by atoms with Gasteiger partial charge >= 0.3 is 0 Å². The summed E-state index contributed by atoms with van der Waals surface area (Å²) < 4.78 is 5.67. The maximum absolute atomic E-state index is 6.19. The molecule has 4 heteroatoms. The summed E-state index contributed by atoms with van der Waals surface area (Å²) in [5, 5.41) is 2.17. The summed E-state index contributed by atoms with van der Waals surface area (Å²) in [7, 11) is 0. The Morgan fingerprint density at radius 3 is 2.69 bits per heavy atom. The number of hydrogen-bond donors (Lipinski definition) is 1. The molecule has 0 spiro atoms. The minimum absolute atomic E-state index is 0.387. The minimum atomic E-state index is 0.387. The summed E-state index contributed by atoms with van der Waals surface area (Å²) in [5.74, 6) is 0.806. The Hall–Kier alpha value is -0.700. The molecule has 0 aliphatic carbocycles. The molecule has 0 aliphatic heterocycles. The SMILES string of the molecule is CCCc1c(CN)oc2cc(Cl)cc(Cl)c12. The minimum Gasteiger partial charge on any atom is -0.459 e. The van der Waals surface area contributed by atoms with Crippen LogP contribution in [0.1, 0.15) is 24.7 Å². The molecule has 0 unspecified atom stereocenters. The second kappa shape index (κ2) is 4.66. The van der Waals surface area contributed by atoms with Gasteiger partial charge in [-0.25, -0.2) is 0 Å². The largest absolute Gasteiger partial charge is 0.459 e. The van der Waals surface area contributed by atoms with Crippen molar-refractivity contribution in [3.05, 3.63) is 33.5 Å². The first-order chi connectivity index (χ1) is 7.67. The van der Waals surface area contributed by atoms with E-state index in [0.717, 1.165) is 35.1 Å². The first-order valence-corrected chi connectivity index (χ1v) is 6.02. The summed E-state index contributed by atoms with van der Waals surface area (Å²) in [6.07, 6.45) is 1.95. The van der Waals surface area contributed by atoms with Crippen molar-refractivity contribution in [3.63, 3.8) is 0 Å². The maximum Gasteiger partial charge on any atom is 0.137 e. The normalized spacial score (nSPS) is 11.2. The van der Waals surface area contributed by atoms with Crippen molar-refractivity contribution in [2.45, 2.75) is 26.3 Å². The van der Waals surface area contributed by atoms with Crippen molar-refractivity contribution in [1.29, 1.82) is 0 Å². The molecule has 1 aromatic carbocycles. The highest BCUT2D eigenvalue weighted by molar-refractivity contribution is 6.38. The number of fused-ring (bicyclic) bond motifs is 1. The highest BCUT2D eigenvalue weighted by Gasteiger charge is 2.15. The monoisotopic (exact) mass is 257 g/mol. The second-order valence-electron chi connectivity index (χ2n) is 3.72. The summed E-state index contributed by atoms with van der Waals surface area (Å²) in [6.45, 7) is 2.50. The van der Waals surface area contributed by atoms with Gasteiger partial charge in [-0.3, -0.25) is 0 Å². The fourth-order valence-corrected chi connectivity index (χ4v) is 2.53. The summed E-state index contributed by atoms with van der Waals surface area (Å²) in [4.78, 5) is 0. The molecule has 2 N–H and O–H groups in total. The molecule has 0 radical (unpaired) electrons. The van der Waals surface area contributed by atoms with Gasteiger partial charge in [0.1, 0.15) is 11.3 Å². The van der Waals surface area contributed by atoms with Gasteiger partial charge in [-0.05, 0) is 12.5 Å². The highest BCUT2D eigenvalue weighted by Crippen LogP contribution is 2.35. The lowest BCUT2D eigenvalue weighted by Crippen LogP contribution is -1.98. The van der Waals surface area contributed by atoms with E-state index in [-0.39, 0.29) is 0 Å². The molecule has 16 heavy (non-hydrogen) atoms. The third-order valence-electron chi connectivity index (χ3n) is 2.58. The van der Waals surface area contributed by atoms with Gasteiger partial charge < -0.3 is 10.2 Å². The molecule has 0 fully saturated rings. The molecule has 1 aromatic heterocycles. The summed E-state index contributed by atoms with van der Waals surface area (Å²) >= 11 is 12.1. The molecule has 0 aliphatic rings. The van der Waals surface area contributed by atoms with Crippen molar-refractivity contribution in [2.75, 3.05) is 0 Å². The molecule has 2 rings (SSSR count). The van der Waals surface area contributed by atoms with E-state index in [9.17, 15) is 0 Å². The molecule has 0 atom stereocenters. The van der Waals surface area contributed by atoms with Crippen LogP contribution in [0.15, 0.2) is 16.5 Å². The molecule has 0 amide bonds. The molecule has 86 valence electrons. The molecule has 2 aromatic rings. The lowest BCUT2D eigenvalue weighted by Gasteiger charge is -2.00. The van der Waals surface area contributed by atoms with Crippen LogP contribution in [-0.4, -0.2) is 0 Å². The van der Waals surface area contributed by atoms with Gasteiger partial charge in [0.05, 0.1) is 11.6 Å². The molecule has 1 heterocycles. The van der Waals surface area contributed by atoms with Gasteiger partial charge in [-0.1, -0.05) is 36.5 Å². The lowest BCUT2D eigenvalue weighted by atomic mass is 10.1. The van der Waals surface area contributed by atoms with Crippen LogP contribution in [0.5, 0.6) is 0 Å². The van der Waals surface area contributed by atoms with Crippen molar-refractivity contribution in [3.8, 4) is 0 Å². The van der Waals surface area contributed by atoms with E-state index in [1.807, 2.05) is 0 Å².